The normalized spacial score (nSPS) is 18.3. The molecular weight excluding hydrogens is 338 g/mol. The quantitative estimate of drug-likeness (QED) is 0.822. The Balaban J connectivity index is 1.71. The third-order valence-corrected chi connectivity index (χ3v) is 4.76. The van der Waals surface area contributed by atoms with E-state index >= 15 is 0 Å². The Morgan fingerprint density at radius 1 is 1.11 bits per heavy atom. The molecule has 0 aliphatic carbocycles. The molecule has 1 fully saturated rings. The summed E-state index contributed by atoms with van der Waals surface area (Å²) in [4.78, 5) is 21.0. The van der Waals surface area contributed by atoms with Gasteiger partial charge in [0.1, 0.15) is 5.60 Å². The molecule has 1 aromatic carbocycles. The molecule has 1 aliphatic rings. The van der Waals surface area contributed by atoms with Crippen molar-refractivity contribution < 1.29 is 9.53 Å². The molecule has 1 aromatic heterocycles. The first-order chi connectivity index (χ1) is 12.9. The molecule has 1 amide bonds. The number of ether oxygens (including phenoxy) is 1. The average molecular weight is 367 g/mol. The van der Waals surface area contributed by atoms with Gasteiger partial charge in [-0.2, -0.15) is 0 Å². The fourth-order valence-electron chi connectivity index (χ4n) is 3.40. The molecule has 144 valence electrons. The van der Waals surface area contributed by atoms with Crippen molar-refractivity contribution in [3.8, 4) is 0 Å². The highest BCUT2D eigenvalue weighted by Crippen LogP contribution is 2.26. The molecule has 27 heavy (non-hydrogen) atoms. The number of aromatic nitrogens is 1. The van der Waals surface area contributed by atoms with Gasteiger partial charge in [-0.1, -0.05) is 30.3 Å². The monoisotopic (exact) mass is 367 g/mol. The topological polar surface area (TPSA) is 45.7 Å². The highest BCUT2D eigenvalue weighted by molar-refractivity contribution is 5.68. The third kappa shape index (κ3) is 5.54. The van der Waals surface area contributed by atoms with Gasteiger partial charge >= 0.3 is 6.09 Å². The minimum atomic E-state index is -0.478. The summed E-state index contributed by atoms with van der Waals surface area (Å²) in [5, 5.41) is 0. The predicted octanol–water partition coefficient (Wildman–Crippen LogP) is 3.92. The molecule has 0 bridgehead atoms. The summed E-state index contributed by atoms with van der Waals surface area (Å²) in [6.45, 7) is 8.82. The predicted molar refractivity (Wildman–Crippen MR) is 107 cm³/mol. The molecule has 5 heteroatoms. The van der Waals surface area contributed by atoms with Crippen molar-refractivity contribution in [1.82, 2.24) is 14.8 Å². The molecule has 3 rings (SSSR count). The van der Waals surface area contributed by atoms with E-state index < -0.39 is 5.60 Å². The van der Waals surface area contributed by atoms with Crippen LogP contribution >= 0.6 is 0 Å². The van der Waals surface area contributed by atoms with Gasteiger partial charge in [0.15, 0.2) is 0 Å². The maximum Gasteiger partial charge on any atom is 0.410 e. The molecule has 1 saturated heterocycles. The fourth-order valence-corrected chi connectivity index (χ4v) is 3.40. The highest BCUT2D eigenvalue weighted by atomic mass is 16.6. The van der Waals surface area contributed by atoms with E-state index in [1.54, 1.807) is 0 Å². The van der Waals surface area contributed by atoms with Gasteiger partial charge in [-0.15, -0.1) is 0 Å². The summed E-state index contributed by atoms with van der Waals surface area (Å²) in [5.74, 6) is 0. The number of carbonyl (C=O) groups is 1. The molecule has 5 nitrogen and oxygen atoms in total. The number of nitrogens with zero attached hydrogens (tertiary/aromatic N) is 3. The molecule has 2 heterocycles. The van der Waals surface area contributed by atoms with E-state index in [4.69, 9.17) is 4.74 Å². The van der Waals surface area contributed by atoms with E-state index in [1.165, 1.54) is 11.1 Å². The Bertz CT molecular complexity index is 728. The van der Waals surface area contributed by atoms with E-state index in [2.05, 4.69) is 34.1 Å². The smallest absolute Gasteiger partial charge is 0.410 e. The number of rotatable bonds is 4. The summed E-state index contributed by atoms with van der Waals surface area (Å²) in [5.41, 5.74) is 2.04. The zero-order valence-electron chi connectivity index (χ0n) is 16.5. The van der Waals surface area contributed by atoms with E-state index in [-0.39, 0.29) is 12.1 Å². The molecular formula is C22H29N3O2. The Labute approximate surface area is 162 Å². The van der Waals surface area contributed by atoms with Gasteiger partial charge in [-0.25, -0.2) is 4.79 Å². The summed E-state index contributed by atoms with van der Waals surface area (Å²) in [6, 6.07) is 14.8. The van der Waals surface area contributed by atoms with Gasteiger partial charge < -0.3 is 9.64 Å². The van der Waals surface area contributed by atoms with Crippen LogP contribution in [0.15, 0.2) is 54.9 Å². The minimum absolute atomic E-state index is 0.151. The second-order valence-electron chi connectivity index (χ2n) is 7.99. The largest absolute Gasteiger partial charge is 0.444 e. The van der Waals surface area contributed by atoms with Crippen molar-refractivity contribution >= 4 is 6.09 Å². The van der Waals surface area contributed by atoms with Crippen LogP contribution in [0, 0.1) is 0 Å². The second kappa shape index (κ2) is 8.53. The van der Waals surface area contributed by atoms with Gasteiger partial charge in [0.2, 0.25) is 0 Å². The van der Waals surface area contributed by atoms with Crippen LogP contribution in [0.25, 0.3) is 0 Å². The third-order valence-electron chi connectivity index (χ3n) is 4.76. The van der Waals surface area contributed by atoms with Gasteiger partial charge in [-0.3, -0.25) is 9.88 Å². The van der Waals surface area contributed by atoms with Gasteiger partial charge in [-0.05, 0) is 50.5 Å². The van der Waals surface area contributed by atoms with Crippen molar-refractivity contribution in [1.29, 1.82) is 0 Å². The zero-order chi connectivity index (χ0) is 19.3. The van der Waals surface area contributed by atoms with Crippen molar-refractivity contribution in [2.24, 2.45) is 0 Å². The number of benzene rings is 1. The second-order valence-corrected chi connectivity index (χ2v) is 7.99. The minimum Gasteiger partial charge on any atom is -0.444 e. The molecule has 2 aromatic rings. The van der Waals surface area contributed by atoms with E-state index in [1.807, 2.05) is 56.3 Å². The molecule has 1 atom stereocenters. The number of carbonyl (C=O) groups excluding carboxylic acids is 1. The van der Waals surface area contributed by atoms with Crippen molar-refractivity contribution in [3.05, 3.63) is 66.0 Å². The lowest BCUT2D eigenvalue weighted by Crippen LogP contribution is -2.51. The first kappa shape index (κ1) is 19.4. The SMILES string of the molecule is CC(C)(C)OC(=O)N1CCN(CCc2ccccc2)[C@H](c2ccncc2)C1. The molecule has 0 radical (unpaired) electrons. The van der Waals surface area contributed by atoms with Crippen LogP contribution in [0.3, 0.4) is 0 Å². The maximum atomic E-state index is 12.5. The average Bonchev–Trinajstić information content (AvgIpc) is 2.66. The van der Waals surface area contributed by atoms with E-state index in [9.17, 15) is 4.79 Å². The molecule has 0 N–H and O–H groups in total. The van der Waals surface area contributed by atoms with Crippen LogP contribution in [0.1, 0.15) is 37.9 Å². The number of piperazine rings is 1. The Kier molecular flexibility index (Phi) is 6.11. The van der Waals surface area contributed by atoms with Gasteiger partial charge in [0.05, 0.1) is 6.04 Å². The summed E-state index contributed by atoms with van der Waals surface area (Å²) >= 11 is 0. The van der Waals surface area contributed by atoms with Crippen molar-refractivity contribution in [3.63, 3.8) is 0 Å². The summed E-state index contributed by atoms with van der Waals surface area (Å²) in [7, 11) is 0. The van der Waals surface area contributed by atoms with Gasteiger partial charge in [0.25, 0.3) is 0 Å². The maximum absolute atomic E-state index is 12.5. The van der Waals surface area contributed by atoms with Crippen LogP contribution in [0.4, 0.5) is 4.79 Å². The van der Waals surface area contributed by atoms with Crippen LogP contribution < -0.4 is 0 Å². The lowest BCUT2D eigenvalue weighted by atomic mass is 10.0. The van der Waals surface area contributed by atoms with Crippen LogP contribution in [-0.2, 0) is 11.2 Å². The zero-order valence-corrected chi connectivity index (χ0v) is 16.5. The summed E-state index contributed by atoms with van der Waals surface area (Å²) < 4.78 is 5.58. The Morgan fingerprint density at radius 2 is 1.81 bits per heavy atom. The van der Waals surface area contributed by atoms with Gasteiger partial charge in [0, 0.05) is 38.6 Å². The van der Waals surface area contributed by atoms with E-state index in [0.717, 1.165) is 19.5 Å². The Morgan fingerprint density at radius 3 is 2.48 bits per heavy atom. The lowest BCUT2D eigenvalue weighted by Gasteiger charge is -2.42. The number of amides is 1. The lowest BCUT2D eigenvalue weighted by molar-refractivity contribution is 0.00360. The van der Waals surface area contributed by atoms with E-state index in [0.29, 0.717) is 13.1 Å². The standard InChI is InChI=1S/C22H29N3O2/c1-22(2,3)27-21(26)25-16-15-24(14-11-18-7-5-4-6-8-18)20(17-25)19-9-12-23-13-10-19/h4-10,12-13,20H,11,14-17H2,1-3H3/t20-/m0/s1. The van der Waals surface area contributed by atoms with Crippen LogP contribution in [0.5, 0.6) is 0 Å². The molecule has 0 spiro atoms. The number of hydrogen-bond donors (Lipinski definition) is 0. The number of hydrogen-bond acceptors (Lipinski definition) is 4. The fraction of sp³-hybridized carbons (Fsp3) is 0.455. The van der Waals surface area contributed by atoms with Crippen molar-refractivity contribution in [2.75, 3.05) is 26.2 Å². The first-order valence-electron chi connectivity index (χ1n) is 9.58. The van der Waals surface area contributed by atoms with Crippen molar-refractivity contribution in [2.45, 2.75) is 38.8 Å². The molecule has 0 saturated carbocycles. The number of pyridine rings is 1. The van der Waals surface area contributed by atoms with Crippen LogP contribution in [0.2, 0.25) is 0 Å². The first-order valence-corrected chi connectivity index (χ1v) is 9.58. The highest BCUT2D eigenvalue weighted by Gasteiger charge is 2.32. The molecule has 0 unspecified atom stereocenters. The summed E-state index contributed by atoms with van der Waals surface area (Å²) in [6.07, 6.45) is 4.40. The van der Waals surface area contributed by atoms with Crippen LogP contribution in [-0.4, -0.2) is 52.7 Å². The Hall–Kier alpha value is -2.40. The molecule has 1 aliphatic heterocycles.